The van der Waals surface area contributed by atoms with Crippen molar-refractivity contribution in [2.24, 2.45) is 0 Å². The van der Waals surface area contributed by atoms with Gasteiger partial charge in [0.15, 0.2) is 5.78 Å². The normalized spacial score (nSPS) is 11.3. The fraction of sp³-hybridized carbons (Fsp3) is 0.409. The number of benzene rings is 2. The molecule has 0 amide bonds. The minimum Gasteiger partial charge on any atom is -0.393 e. The van der Waals surface area contributed by atoms with Crippen molar-refractivity contribution < 1.29 is 9.90 Å². The molecule has 1 atom stereocenters. The smallest absolute Gasteiger partial charge is 0.193 e. The summed E-state index contributed by atoms with van der Waals surface area (Å²) in [5.74, 6) is 0.0752. The predicted molar refractivity (Wildman–Crippen MR) is 101 cm³/mol. The van der Waals surface area contributed by atoms with Gasteiger partial charge in [0.25, 0.3) is 0 Å². The largest absolute Gasteiger partial charge is 0.393 e. The van der Waals surface area contributed by atoms with Crippen molar-refractivity contribution in [2.75, 3.05) is 0 Å². The zero-order valence-electron chi connectivity index (χ0n) is 14.9. The number of rotatable bonds is 8. The SMILES string of the molecule is CCCCCC(O)CCC.O=C(c1ccccc1)c1ccccc1. The van der Waals surface area contributed by atoms with Crippen LogP contribution in [0.4, 0.5) is 0 Å². The zero-order chi connectivity index (χ0) is 17.6. The van der Waals surface area contributed by atoms with Crippen molar-refractivity contribution >= 4 is 5.78 Å². The van der Waals surface area contributed by atoms with Crippen molar-refractivity contribution in [3.63, 3.8) is 0 Å². The predicted octanol–water partition coefficient (Wildman–Crippen LogP) is 5.65. The Kier molecular flexibility index (Phi) is 10.5. The highest BCUT2D eigenvalue weighted by atomic mass is 16.3. The van der Waals surface area contributed by atoms with E-state index in [-0.39, 0.29) is 11.9 Å². The lowest BCUT2D eigenvalue weighted by Gasteiger charge is -2.07. The second-order valence-electron chi connectivity index (χ2n) is 6.00. The molecule has 2 aromatic carbocycles. The summed E-state index contributed by atoms with van der Waals surface area (Å²) in [4.78, 5) is 11.8. The van der Waals surface area contributed by atoms with E-state index in [4.69, 9.17) is 0 Å². The molecule has 0 spiro atoms. The molecule has 0 heterocycles. The molecule has 0 aliphatic heterocycles. The Morgan fingerprint density at radius 1 is 0.792 bits per heavy atom. The van der Waals surface area contributed by atoms with Crippen LogP contribution in [0, 0.1) is 0 Å². The third-order valence-corrected chi connectivity index (χ3v) is 3.83. The van der Waals surface area contributed by atoms with Crippen molar-refractivity contribution in [3.8, 4) is 0 Å². The van der Waals surface area contributed by atoms with E-state index in [9.17, 15) is 9.90 Å². The summed E-state index contributed by atoms with van der Waals surface area (Å²) in [5.41, 5.74) is 1.47. The van der Waals surface area contributed by atoms with Gasteiger partial charge in [-0.05, 0) is 12.8 Å². The molecular weight excluding hydrogens is 296 g/mol. The summed E-state index contributed by atoms with van der Waals surface area (Å²) in [5, 5.41) is 9.28. The first kappa shape index (κ1) is 20.1. The third-order valence-electron chi connectivity index (χ3n) is 3.83. The molecule has 0 saturated heterocycles. The molecule has 24 heavy (non-hydrogen) atoms. The van der Waals surface area contributed by atoms with Crippen LogP contribution in [0.25, 0.3) is 0 Å². The van der Waals surface area contributed by atoms with Gasteiger partial charge in [0.05, 0.1) is 6.10 Å². The average Bonchev–Trinajstić information content (AvgIpc) is 2.64. The van der Waals surface area contributed by atoms with Crippen LogP contribution in [0.3, 0.4) is 0 Å². The number of hydrogen-bond donors (Lipinski definition) is 1. The Morgan fingerprint density at radius 2 is 1.29 bits per heavy atom. The number of hydrogen-bond acceptors (Lipinski definition) is 2. The molecule has 0 saturated carbocycles. The molecule has 0 fully saturated rings. The van der Waals surface area contributed by atoms with Gasteiger partial charge < -0.3 is 5.11 Å². The van der Waals surface area contributed by atoms with Gasteiger partial charge >= 0.3 is 0 Å². The van der Waals surface area contributed by atoms with Crippen molar-refractivity contribution in [1.29, 1.82) is 0 Å². The fourth-order valence-electron chi connectivity index (χ4n) is 2.45. The first-order chi connectivity index (χ1) is 11.7. The van der Waals surface area contributed by atoms with E-state index in [1.807, 2.05) is 60.7 Å². The molecule has 130 valence electrons. The number of unbranched alkanes of at least 4 members (excludes halogenated alkanes) is 2. The van der Waals surface area contributed by atoms with E-state index in [0.29, 0.717) is 0 Å². The Labute approximate surface area is 146 Å². The summed E-state index contributed by atoms with van der Waals surface area (Å²) >= 11 is 0. The van der Waals surface area contributed by atoms with Gasteiger partial charge in [0.1, 0.15) is 0 Å². The highest BCUT2D eigenvalue weighted by Crippen LogP contribution is 2.08. The van der Waals surface area contributed by atoms with E-state index < -0.39 is 0 Å². The molecule has 1 unspecified atom stereocenters. The maximum atomic E-state index is 11.8. The molecule has 2 nitrogen and oxygen atoms in total. The van der Waals surface area contributed by atoms with Crippen LogP contribution in [-0.4, -0.2) is 17.0 Å². The van der Waals surface area contributed by atoms with Gasteiger partial charge in [-0.3, -0.25) is 4.79 Å². The maximum absolute atomic E-state index is 11.8. The lowest BCUT2D eigenvalue weighted by Crippen LogP contribution is -2.04. The quantitative estimate of drug-likeness (QED) is 0.503. The Bertz CT molecular complexity index is 507. The third kappa shape index (κ3) is 8.07. The standard InChI is InChI=1S/C13H10O.C9H20O/c14-13(11-7-3-1-4-8-11)12-9-5-2-6-10-12;1-3-5-6-8-9(10)7-4-2/h1-10H;9-10H,3-8H2,1-2H3. The Morgan fingerprint density at radius 3 is 1.71 bits per heavy atom. The topological polar surface area (TPSA) is 37.3 Å². The van der Waals surface area contributed by atoms with E-state index in [0.717, 1.165) is 30.4 Å². The molecule has 2 aromatic rings. The molecule has 0 aliphatic carbocycles. The van der Waals surface area contributed by atoms with Crippen LogP contribution in [0.1, 0.15) is 68.3 Å². The lowest BCUT2D eigenvalue weighted by atomic mass is 10.0. The minimum absolute atomic E-state index is 0.0310. The van der Waals surface area contributed by atoms with Crippen LogP contribution >= 0.6 is 0 Å². The molecule has 1 N–H and O–H groups in total. The number of aliphatic hydroxyl groups is 1. The maximum Gasteiger partial charge on any atom is 0.193 e. The average molecular weight is 326 g/mol. The van der Waals surface area contributed by atoms with Gasteiger partial charge in [0, 0.05) is 11.1 Å². The van der Waals surface area contributed by atoms with Crippen LogP contribution in [0.15, 0.2) is 60.7 Å². The second kappa shape index (κ2) is 12.5. The van der Waals surface area contributed by atoms with Gasteiger partial charge in [-0.1, -0.05) is 100 Å². The lowest BCUT2D eigenvalue weighted by molar-refractivity contribution is 0.103. The Hall–Kier alpha value is -1.93. The zero-order valence-corrected chi connectivity index (χ0v) is 14.9. The van der Waals surface area contributed by atoms with Gasteiger partial charge in [-0.25, -0.2) is 0 Å². The number of aliphatic hydroxyl groups excluding tert-OH is 1. The summed E-state index contributed by atoms with van der Waals surface area (Å²) in [6.45, 7) is 4.30. The van der Waals surface area contributed by atoms with Crippen molar-refractivity contribution in [1.82, 2.24) is 0 Å². The van der Waals surface area contributed by atoms with Gasteiger partial charge in [-0.2, -0.15) is 0 Å². The number of carbonyl (C=O) groups is 1. The fourth-order valence-corrected chi connectivity index (χ4v) is 2.45. The highest BCUT2D eigenvalue weighted by molar-refractivity contribution is 6.08. The van der Waals surface area contributed by atoms with Gasteiger partial charge in [-0.15, -0.1) is 0 Å². The van der Waals surface area contributed by atoms with E-state index >= 15 is 0 Å². The first-order valence-corrected chi connectivity index (χ1v) is 9.01. The van der Waals surface area contributed by atoms with Crippen LogP contribution in [0.2, 0.25) is 0 Å². The molecular formula is C22H30O2. The van der Waals surface area contributed by atoms with Gasteiger partial charge in [0.2, 0.25) is 0 Å². The Balaban J connectivity index is 0.000000257. The molecule has 2 heteroatoms. The van der Waals surface area contributed by atoms with E-state index in [1.165, 1.54) is 19.3 Å². The van der Waals surface area contributed by atoms with E-state index in [2.05, 4.69) is 13.8 Å². The summed E-state index contributed by atoms with van der Waals surface area (Å²) in [7, 11) is 0. The number of ketones is 1. The molecule has 0 aliphatic rings. The number of carbonyl (C=O) groups excluding carboxylic acids is 1. The monoisotopic (exact) mass is 326 g/mol. The van der Waals surface area contributed by atoms with E-state index in [1.54, 1.807) is 0 Å². The minimum atomic E-state index is -0.0310. The van der Waals surface area contributed by atoms with Crippen LogP contribution < -0.4 is 0 Å². The van der Waals surface area contributed by atoms with Crippen molar-refractivity contribution in [2.45, 2.75) is 58.5 Å². The first-order valence-electron chi connectivity index (χ1n) is 9.01. The summed E-state index contributed by atoms with van der Waals surface area (Å²) in [6, 6.07) is 18.6. The molecule has 0 radical (unpaired) electrons. The molecule has 0 bridgehead atoms. The van der Waals surface area contributed by atoms with Crippen LogP contribution in [0.5, 0.6) is 0 Å². The van der Waals surface area contributed by atoms with Crippen molar-refractivity contribution in [3.05, 3.63) is 71.8 Å². The summed E-state index contributed by atoms with van der Waals surface area (Å²) in [6.07, 6.45) is 6.76. The highest BCUT2D eigenvalue weighted by Gasteiger charge is 2.06. The molecule has 0 aromatic heterocycles. The second-order valence-corrected chi connectivity index (χ2v) is 6.00. The summed E-state index contributed by atoms with van der Waals surface area (Å²) < 4.78 is 0. The molecule has 2 rings (SSSR count). The van der Waals surface area contributed by atoms with Crippen LogP contribution in [-0.2, 0) is 0 Å².